The maximum absolute atomic E-state index is 12.9. The first-order valence-corrected chi connectivity index (χ1v) is 12.7. The fourth-order valence-electron chi connectivity index (χ4n) is 4.78. The van der Waals surface area contributed by atoms with Gasteiger partial charge in [-0.25, -0.2) is 0 Å². The highest BCUT2D eigenvalue weighted by Gasteiger charge is 2.39. The highest BCUT2D eigenvalue weighted by atomic mass is 16.6. The Morgan fingerprint density at radius 1 is 0.771 bits per heavy atom. The van der Waals surface area contributed by atoms with E-state index in [0.717, 1.165) is 25.7 Å². The number of carbonyl (C=O) groups excluding carboxylic acids is 3. The molecule has 2 rings (SSSR count). The Hall–Kier alpha value is -1.75. The van der Waals surface area contributed by atoms with Crippen molar-refractivity contribution in [2.45, 2.75) is 97.2 Å². The fourth-order valence-corrected chi connectivity index (χ4v) is 4.78. The van der Waals surface area contributed by atoms with Gasteiger partial charge in [-0.15, -0.1) is 0 Å². The second-order valence-electron chi connectivity index (χ2n) is 10.5. The second kappa shape index (κ2) is 13.5. The molecule has 0 spiro atoms. The molecule has 5 unspecified atom stereocenters. The minimum absolute atomic E-state index is 0.322. The molecule has 2 aliphatic rings. The maximum atomic E-state index is 12.9. The van der Waals surface area contributed by atoms with Crippen molar-refractivity contribution in [2.75, 3.05) is 13.2 Å². The summed E-state index contributed by atoms with van der Waals surface area (Å²) < 4.78 is 16.3. The van der Waals surface area contributed by atoms with Gasteiger partial charge in [0.25, 0.3) is 0 Å². The number of ether oxygens (including phenoxy) is 3. The molecule has 202 valence electrons. The van der Waals surface area contributed by atoms with Gasteiger partial charge in [-0.2, -0.15) is 0 Å². The normalized spacial score (nSPS) is 26.3. The van der Waals surface area contributed by atoms with Crippen LogP contribution in [0.2, 0.25) is 0 Å². The van der Waals surface area contributed by atoms with E-state index < -0.39 is 65.7 Å². The molecule has 0 radical (unpaired) electrons. The summed E-state index contributed by atoms with van der Waals surface area (Å²) >= 11 is 0. The summed E-state index contributed by atoms with van der Waals surface area (Å²) in [6.45, 7) is 4.62. The minimum atomic E-state index is -1.65. The van der Waals surface area contributed by atoms with Gasteiger partial charge in [0, 0.05) is 11.8 Å². The average Bonchev–Trinajstić information content (AvgIpc) is 2.84. The van der Waals surface area contributed by atoms with Gasteiger partial charge in [0.1, 0.15) is 13.2 Å². The summed E-state index contributed by atoms with van der Waals surface area (Å²) in [5.74, 6) is -4.46. The summed E-state index contributed by atoms with van der Waals surface area (Å²) in [7, 11) is 0. The predicted octanol–water partition coefficient (Wildman–Crippen LogP) is 1.65. The van der Waals surface area contributed by atoms with Crippen molar-refractivity contribution in [3.05, 3.63) is 0 Å². The van der Waals surface area contributed by atoms with E-state index in [1.807, 2.05) is 6.92 Å². The van der Waals surface area contributed by atoms with Gasteiger partial charge in [0.15, 0.2) is 18.7 Å². The van der Waals surface area contributed by atoms with E-state index in [1.54, 1.807) is 13.8 Å². The maximum Gasteiger partial charge on any atom is 0.311 e. The molecule has 0 aromatic heterocycles. The highest BCUT2D eigenvalue weighted by molar-refractivity contribution is 5.76. The first-order valence-electron chi connectivity index (χ1n) is 12.7. The zero-order chi connectivity index (χ0) is 26.2. The molecule has 2 fully saturated rings. The van der Waals surface area contributed by atoms with Crippen LogP contribution in [0, 0.1) is 29.1 Å². The molecule has 35 heavy (non-hydrogen) atoms. The van der Waals surface area contributed by atoms with E-state index in [2.05, 4.69) is 0 Å². The number of hydrogen-bond acceptors (Lipinski definition) is 10. The molecule has 2 aliphatic carbocycles. The first kappa shape index (κ1) is 29.5. The molecule has 0 aromatic rings. The highest BCUT2D eigenvalue weighted by Crippen LogP contribution is 2.34. The molecule has 0 aromatic carbocycles. The Labute approximate surface area is 206 Å². The van der Waals surface area contributed by atoms with Crippen LogP contribution in [-0.4, -0.2) is 70.2 Å². The van der Waals surface area contributed by atoms with Crippen LogP contribution in [0.5, 0.6) is 0 Å². The minimum Gasteiger partial charge on any atom is -0.461 e. The van der Waals surface area contributed by atoms with Crippen LogP contribution in [0.15, 0.2) is 0 Å². The SMILES string of the molecule is CCC(C)(C)C(=O)OCC(COC(=O)C1CCCCC1C(O)O)OC(=O)C1CCCCC1C(O)O. The number of aliphatic hydroxyl groups is 4. The lowest BCUT2D eigenvalue weighted by molar-refractivity contribution is -0.183. The topological polar surface area (TPSA) is 160 Å². The third-order valence-corrected chi connectivity index (χ3v) is 7.54. The van der Waals surface area contributed by atoms with Crippen LogP contribution < -0.4 is 0 Å². The molecule has 0 bridgehead atoms. The van der Waals surface area contributed by atoms with Crippen LogP contribution in [-0.2, 0) is 28.6 Å². The summed E-state index contributed by atoms with van der Waals surface area (Å²) in [6, 6.07) is 0. The standard InChI is InChI=1S/C25H42O10/c1-4-25(2,3)24(32)34-14-15(35-23(31)19-12-8-6-10-17(19)21(28)29)13-33-22(30)18-11-7-5-9-16(18)20(26)27/h15-21,26-29H,4-14H2,1-3H3. The van der Waals surface area contributed by atoms with E-state index in [1.165, 1.54) is 0 Å². The van der Waals surface area contributed by atoms with Crippen LogP contribution in [0.25, 0.3) is 0 Å². The molecular weight excluding hydrogens is 460 g/mol. The quantitative estimate of drug-likeness (QED) is 0.186. The van der Waals surface area contributed by atoms with Crippen LogP contribution >= 0.6 is 0 Å². The molecule has 2 saturated carbocycles. The lowest BCUT2D eigenvalue weighted by Gasteiger charge is -2.33. The monoisotopic (exact) mass is 502 g/mol. The van der Waals surface area contributed by atoms with Crippen LogP contribution in [0.4, 0.5) is 0 Å². The molecule has 0 saturated heterocycles. The number of hydrogen-bond donors (Lipinski definition) is 4. The zero-order valence-electron chi connectivity index (χ0n) is 21.1. The third kappa shape index (κ3) is 8.41. The number of rotatable bonds is 11. The van der Waals surface area contributed by atoms with Gasteiger partial charge >= 0.3 is 17.9 Å². The van der Waals surface area contributed by atoms with Gasteiger partial charge in [-0.1, -0.05) is 32.6 Å². The van der Waals surface area contributed by atoms with Gasteiger partial charge in [-0.05, 0) is 46.0 Å². The van der Waals surface area contributed by atoms with Gasteiger partial charge in [-0.3, -0.25) is 14.4 Å². The van der Waals surface area contributed by atoms with E-state index in [0.29, 0.717) is 32.1 Å². The third-order valence-electron chi connectivity index (χ3n) is 7.54. The van der Waals surface area contributed by atoms with E-state index in [-0.39, 0.29) is 13.2 Å². The van der Waals surface area contributed by atoms with Crippen molar-refractivity contribution in [2.24, 2.45) is 29.1 Å². The van der Waals surface area contributed by atoms with E-state index >= 15 is 0 Å². The smallest absolute Gasteiger partial charge is 0.311 e. The van der Waals surface area contributed by atoms with Gasteiger partial charge < -0.3 is 34.6 Å². The summed E-state index contributed by atoms with van der Waals surface area (Å²) in [5.41, 5.74) is -0.743. The van der Waals surface area contributed by atoms with Crippen molar-refractivity contribution in [3.63, 3.8) is 0 Å². The Kier molecular flexibility index (Phi) is 11.4. The summed E-state index contributed by atoms with van der Waals surface area (Å²) in [5, 5.41) is 38.6. The first-order chi connectivity index (χ1) is 16.5. The molecular formula is C25H42O10. The molecule has 10 heteroatoms. The van der Waals surface area contributed by atoms with Gasteiger partial charge in [0.2, 0.25) is 0 Å². The molecule has 5 atom stereocenters. The molecule has 0 heterocycles. The Bertz CT molecular complexity index is 704. The zero-order valence-corrected chi connectivity index (χ0v) is 21.1. The molecule has 0 amide bonds. The second-order valence-corrected chi connectivity index (χ2v) is 10.5. The van der Waals surface area contributed by atoms with Crippen LogP contribution in [0.3, 0.4) is 0 Å². The molecule has 4 N–H and O–H groups in total. The number of carbonyl (C=O) groups is 3. The predicted molar refractivity (Wildman–Crippen MR) is 123 cm³/mol. The Balaban J connectivity index is 2.07. The molecule has 10 nitrogen and oxygen atoms in total. The van der Waals surface area contributed by atoms with Gasteiger partial charge in [0.05, 0.1) is 17.3 Å². The summed E-state index contributed by atoms with van der Waals surface area (Å²) in [4.78, 5) is 38.1. The largest absolute Gasteiger partial charge is 0.461 e. The van der Waals surface area contributed by atoms with Crippen molar-refractivity contribution < 1.29 is 49.0 Å². The lowest BCUT2D eigenvalue weighted by Crippen LogP contribution is -2.41. The summed E-state index contributed by atoms with van der Waals surface area (Å²) in [6.07, 6.45) is 1.11. The average molecular weight is 503 g/mol. The van der Waals surface area contributed by atoms with Crippen molar-refractivity contribution >= 4 is 17.9 Å². The fraction of sp³-hybridized carbons (Fsp3) is 0.880. The van der Waals surface area contributed by atoms with Crippen molar-refractivity contribution in [1.29, 1.82) is 0 Å². The van der Waals surface area contributed by atoms with E-state index in [9.17, 15) is 34.8 Å². The number of esters is 3. The van der Waals surface area contributed by atoms with E-state index in [4.69, 9.17) is 14.2 Å². The van der Waals surface area contributed by atoms with Crippen LogP contribution in [0.1, 0.15) is 78.6 Å². The lowest BCUT2D eigenvalue weighted by atomic mass is 9.79. The van der Waals surface area contributed by atoms with Crippen molar-refractivity contribution in [3.8, 4) is 0 Å². The molecule has 0 aliphatic heterocycles. The van der Waals surface area contributed by atoms with Crippen molar-refractivity contribution in [1.82, 2.24) is 0 Å². The Morgan fingerprint density at radius 3 is 1.71 bits per heavy atom. The number of aliphatic hydroxyl groups excluding tert-OH is 2. The Morgan fingerprint density at radius 2 is 1.23 bits per heavy atom.